The van der Waals surface area contributed by atoms with Crippen LogP contribution in [0, 0.1) is 5.82 Å². The Balaban J connectivity index is 3.04. The molecule has 1 nitrogen and oxygen atoms in total. The van der Waals surface area contributed by atoms with Gasteiger partial charge in [-0.15, -0.1) is 0 Å². The van der Waals surface area contributed by atoms with Crippen LogP contribution in [0.3, 0.4) is 0 Å². The summed E-state index contributed by atoms with van der Waals surface area (Å²) in [6.07, 6.45) is 0.750. The molecule has 0 amide bonds. The Hall–Kier alpha value is -0.220. The van der Waals surface area contributed by atoms with Gasteiger partial charge in [0.25, 0.3) is 0 Å². The number of carbonyl (C=O) groups excluding carboxylic acids is 1. The highest BCUT2D eigenvalue weighted by molar-refractivity contribution is 9.10. The van der Waals surface area contributed by atoms with E-state index in [1.165, 1.54) is 6.07 Å². The van der Waals surface area contributed by atoms with Crippen LogP contribution in [0.4, 0.5) is 4.39 Å². The lowest BCUT2D eigenvalue weighted by Crippen LogP contribution is -1.91. The SMILES string of the molecule is O=CC(Br)c1ccc(F)c(Br)c1. The average molecular weight is 296 g/mol. The molecule has 1 rings (SSSR count). The van der Waals surface area contributed by atoms with Crippen molar-refractivity contribution in [3.63, 3.8) is 0 Å². The van der Waals surface area contributed by atoms with E-state index >= 15 is 0 Å². The Morgan fingerprint density at radius 2 is 2.17 bits per heavy atom. The van der Waals surface area contributed by atoms with Gasteiger partial charge in [0.05, 0.1) is 9.30 Å². The van der Waals surface area contributed by atoms with E-state index in [2.05, 4.69) is 31.9 Å². The summed E-state index contributed by atoms with van der Waals surface area (Å²) in [7, 11) is 0. The summed E-state index contributed by atoms with van der Waals surface area (Å²) in [6.45, 7) is 0. The first-order valence-corrected chi connectivity index (χ1v) is 4.90. The molecule has 0 saturated heterocycles. The number of hydrogen-bond acceptors (Lipinski definition) is 1. The molecular formula is C8H5Br2FO. The lowest BCUT2D eigenvalue weighted by atomic mass is 10.2. The smallest absolute Gasteiger partial charge is 0.138 e. The number of halogens is 3. The van der Waals surface area contributed by atoms with Gasteiger partial charge in [0, 0.05) is 0 Å². The van der Waals surface area contributed by atoms with Crippen molar-refractivity contribution in [3.8, 4) is 0 Å². The fraction of sp³-hybridized carbons (Fsp3) is 0.125. The lowest BCUT2D eigenvalue weighted by Gasteiger charge is -2.02. The van der Waals surface area contributed by atoms with Crippen molar-refractivity contribution in [2.75, 3.05) is 0 Å². The Labute approximate surface area is 86.2 Å². The molecule has 0 saturated carbocycles. The van der Waals surface area contributed by atoms with E-state index in [0.717, 1.165) is 11.8 Å². The van der Waals surface area contributed by atoms with Crippen LogP contribution < -0.4 is 0 Å². The molecule has 4 heteroatoms. The number of benzene rings is 1. The topological polar surface area (TPSA) is 17.1 Å². The molecule has 0 aromatic heterocycles. The van der Waals surface area contributed by atoms with Gasteiger partial charge in [-0.3, -0.25) is 0 Å². The van der Waals surface area contributed by atoms with E-state index in [1.54, 1.807) is 12.1 Å². The fourth-order valence-electron chi connectivity index (χ4n) is 0.762. The molecule has 0 bridgehead atoms. The molecule has 1 atom stereocenters. The molecule has 1 unspecified atom stereocenters. The van der Waals surface area contributed by atoms with Gasteiger partial charge in [0.15, 0.2) is 0 Å². The molecule has 0 heterocycles. The highest BCUT2D eigenvalue weighted by Crippen LogP contribution is 2.24. The maximum absolute atomic E-state index is 12.7. The molecular weight excluding hydrogens is 291 g/mol. The van der Waals surface area contributed by atoms with E-state index in [4.69, 9.17) is 0 Å². The Morgan fingerprint density at radius 1 is 1.50 bits per heavy atom. The summed E-state index contributed by atoms with van der Waals surface area (Å²) in [6, 6.07) is 4.45. The van der Waals surface area contributed by atoms with Crippen LogP contribution in [-0.4, -0.2) is 6.29 Å². The van der Waals surface area contributed by atoms with Crippen LogP contribution in [0.5, 0.6) is 0 Å². The average Bonchev–Trinajstić information content (AvgIpc) is 2.08. The highest BCUT2D eigenvalue weighted by atomic mass is 79.9. The van der Waals surface area contributed by atoms with Crippen molar-refractivity contribution in [2.45, 2.75) is 4.83 Å². The third-order valence-corrected chi connectivity index (χ3v) is 2.73. The minimum absolute atomic E-state index is 0.329. The molecule has 12 heavy (non-hydrogen) atoms. The summed E-state index contributed by atoms with van der Waals surface area (Å²) in [4.78, 5) is 9.98. The zero-order valence-corrected chi connectivity index (χ0v) is 9.10. The van der Waals surface area contributed by atoms with Crippen LogP contribution >= 0.6 is 31.9 Å². The maximum Gasteiger partial charge on any atom is 0.138 e. The first-order valence-electron chi connectivity index (χ1n) is 3.19. The third-order valence-electron chi connectivity index (χ3n) is 1.38. The highest BCUT2D eigenvalue weighted by Gasteiger charge is 2.07. The van der Waals surface area contributed by atoms with Crippen LogP contribution in [0.25, 0.3) is 0 Å². The van der Waals surface area contributed by atoms with Gasteiger partial charge in [-0.25, -0.2) is 4.39 Å². The minimum atomic E-state index is -0.366. The van der Waals surface area contributed by atoms with Gasteiger partial charge < -0.3 is 4.79 Å². The fourth-order valence-corrected chi connectivity index (χ4v) is 1.44. The van der Waals surface area contributed by atoms with Crippen molar-refractivity contribution < 1.29 is 9.18 Å². The normalized spacial score (nSPS) is 12.6. The van der Waals surface area contributed by atoms with Crippen molar-refractivity contribution in [1.29, 1.82) is 0 Å². The molecule has 0 aliphatic heterocycles. The molecule has 0 spiro atoms. The van der Waals surface area contributed by atoms with Crippen molar-refractivity contribution in [3.05, 3.63) is 34.1 Å². The van der Waals surface area contributed by atoms with E-state index in [9.17, 15) is 9.18 Å². The van der Waals surface area contributed by atoms with Crippen LogP contribution in [0.2, 0.25) is 0 Å². The molecule has 1 aromatic carbocycles. The van der Waals surface area contributed by atoms with Gasteiger partial charge in [0.2, 0.25) is 0 Å². The predicted octanol–water partition coefficient (Wildman–Crippen LogP) is 3.22. The Morgan fingerprint density at radius 3 is 2.67 bits per heavy atom. The number of rotatable bonds is 2. The van der Waals surface area contributed by atoms with Gasteiger partial charge in [-0.1, -0.05) is 22.0 Å². The van der Waals surface area contributed by atoms with E-state index < -0.39 is 0 Å². The second kappa shape index (κ2) is 4.14. The number of carbonyl (C=O) groups is 1. The third kappa shape index (κ3) is 2.14. The maximum atomic E-state index is 12.7. The van der Waals surface area contributed by atoms with Gasteiger partial charge in [-0.2, -0.15) is 0 Å². The van der Waals surface area contributed by atoms with Gasteiger partial charge >= 0.3 is 0 Å². The predicted molar refractivity (Wildman–Crippen MR) is 51.8 cm³/mol. The van der Waals surface area contributed by atoms with Crippen LogP contribution in [0.1, 0.15) is 10.4 Å². The first kappa shape index (κ1) is 9.86. The van der Waals surface area contributed by atoms with Crippen LogP contribution in [0.15, 0.2) is 22.7 Å². The van der Waals surface area contributed by atoms with Crippen molar-refractivity contribution in [2.24, 2.45) is 0 Å². The zero-order valence-electron chi connectivity index (χ0n) is 5.93. The lowest BCUT2D eigenvalue weighted by molar-refractivity contribution is -0.107. The number of hydrogen-bond donors (Lipinski definition) is 0. The van der Waals surface area contributed by atoms with E-state index in [1.807, 2.05) is 0 Å². The van der Waals surface area contributed by atoms with E-state index in [-0.39, 0.29) is 10.6 Å². The largest absolute Gasteiger partial charge is 0.302 e. The molecule has 0 aliphatic carbocycles. The van der Waals surface area contributed by atoms with Crippen molar-refractivity contribution >= 4 is 38.1 Å². The van der Waals surface area contributed by atoms with Gasteiger partial charge in [-0.05, 0) is 33.6 Å². The number of aldehydes is 1. The summed E-state index contributed by atoms with van der Waals surface area (Å²) >= 11 is 6.16. The summed E-state index contributed by atoms with van der Waals surface area (Å²) in [5, 5.41) is 0. The zero-order chi connectivity index (χ0) is 9.14. The second-order valence-electron chi connectivity index (χ2n) is 2.21. The number of alkyl halides is 1. The van der Waals surface area contributed by atoms with Gasteiger partial charge in [0.1, 0.15) is 12.1 Å². The quantitative estimate of drug-likeness (QED) is 0.605. The Bertz CT molecular complexity index is 301. The minimum Gasteiger partial charge on any atom is -0.302 e. The molecule has 0 radical (unpaired) electrons. The second-order valence-corrected chi connectivity index (χ2v) is 4.05. The summed E-state index contributed by atoms with van der Waals surface area (Å²) < 4.78 is 13.1. The standard InChI is InChI=1S/C8H5Br2FO/c9-6-3-5(7(10)4-12)1-2-8(6)11/h1-4,7H. The molecule has 1 aromatic rings. The van der Waals surface area contributed by atoms with Crippen molar-refractivity contribution in [1.82, 2.24) is 0 Å². The molecule has 0 fully saturated rings. The summed E-state index contributed by atoms with van der Waals surface area (Å²) in [5.74, 6) is -0.329. The first-order chi connectivity index (χ1) is 5.65. The molecule has 0 N–H and O–H groups in total. The van der Waals surface area contributed by atoms with E-state index in [0.29, 0.717) is 4.47 Å². The Kier molecular flexibility index (Phi) is 3.40. The molecule has 64 valence electrons. The summed E-state index contributed by atoms with van der Waals surface area (Å²) in [5.41, 5.74) is 0.735. The monoisotopic (exact) mass is 294 g/mol. The van der Waals surface area contributed by atoms with Crippen LogP contribution in [-0.2, 0) is 4.79 Å². The molecule has 0 aliphatic rings.